The molecule has 1 heterocycles. The molecule has 1 N–H and O–H groups in total. The van der Waals surface area contributed by atoms with Crippen molar-refractivity contribution in [3.8, 4) is 0 Å². The molecule has 0 aromatic rings. The SMILES string of the molecule is O=C(NC1CC12CCOCC2)C1CC12CCCC2. The van der Waals surface area contributed by atoms with E-state index in [-0.39, 0.29) is 0 Å². The van der Waals surface area contributed by atoms with E-state index in [1.807, 2.05) is 0 Å². The predicted octanol–water partition coefficient (Wildman–Crippen LogP) is 2.25. The summed E-state index contributed by atoms with van der Waals surface area (Å²) in [4.78, 5) is 12.3. The Hall–Kier alpha value is -0.570. The number of hydrogen-bond donors (Lipinski definition) is 1. The van der Waals surface area contributed by atoms with Gasteiger partial charge >= 0.3 is 0 Å². The third kappa shape index (κ3) is 1.63. The Morgan fingerprint density at radius 2 is 1.72 bits per heavy atom. The van der Waals surface area contributed by atoms with E-state index in [4.69, 9.17) is 4.74 Å². The van der Waals surface area contributed by atoms with Crippen LogP contribution in [-0.4, -0.2) is 25.2 Å². The van der Waals surface area contributed by atoms with Crippen molar-refractivity contribution in [3.63, 3.8) is 0 Å². The minimum atomic E-state index is 0.359. The van der Waals surface area contributed by atoms with Crippen molar-refractivity contribution in [3.05, 3.63) is 0 Å². The van der Waals surface area contributed by atoms with Crippen LogP contribution >= 0.6 is 0 Å². The van der Waals surface area contributed by atoms with Gasteiger partial charge in [0.15, 0.2) is 0 Å². The minimum absolute atomic E-state index is 0.359. The van der Waals surface area contributed by atoms with Crippen LogP contribution < -0.4 is 5.32 Å². The molecule has 0 bridgehead atoms. The van der Waals surface area contributed by atoms with Crippen molar-refractivity contribution in [1.29, 1.82) is 0 Å². The molecule has 4 fully saturated rings. The van der Waals surface area contributed by atoms with Crippen LogP contribution in [0.5, 0.6) is 0 Å². The predicted molar refractivity (Wildman–Crippen MR) is 68.0 cm³/mol. The molecule has 2 atom stereocenters. The molecule has 3 saturated carbocycles. The fourth-order valence-corrected chi connectivity index (χ4v) is 4.50. The highest BCUT2D eigenvalue weighted by Gasteiger charge is 2.61. The first-order chi connectivity index (χ1) is 8.74. The Balaban J connectivity index is 1.33. The van der Waals surface area contributed by atoms with E-state index in [2.05, 4.69) is 5.32 Å². The minimum Gasteiger partial charge on any atom is -0.381 e. The highest BCUT2D eigenvalue weighted by atomic mass is 16.5. The molecule has 3 nitrogen and oxygen atoms in total. The number of carbonyl (C=O) groups excluding carboxylic acids is 1. The van der Waals surface area contributed by atoms with E-state index < -0.39 is 0 Å². The molecule has 3 aliphatic carbocycles. The molecule has 100 valence electrons. The summed E-state index contributed by atoms with van der Waals surface area (Å²) >= 11 is 0. The summed E-state index contributed by atoms with van der Waals surface area (Å²) in [5.74, 6) is 0.725. The first kappa shape index (κ1) is 11.3. The number of carbonyl (C=O) groups is 1. The van der Waals surface area contributed by atoms with Gasteiger partial charge < -0.3 is 10.1 Å². The highest BCUT2D eigenvalue weighted by molar-refractivity contribution is 5.83. The van der Waals surface area contributed by atoms with Crippen LogP contribution in [-0.2, 0) is 9.53 Å². The van der Waals surface area contributed by atoms with Crippen LogP contribution in [0, 0.1) is 16.7 Å². The molecule has 1 amide bonds. The molecular formula is C15H23NO2. The van der Waals surface area contributed by atoms with Gasteiger partial charge in [0.05, 0.1) is 0 Å². The molecule has 2 unspecified atom stereocenters. The van der Waals surface area contributed by atoms with Crippen LogP contribution in [0.1, 0.15) is 51.4 Å². The van der Waals surface area contributed by atoms with E-state index in [0.29, 0.717) is 28.7 Å². The highest BCUT2D eigenvalue weighted by Crippen LogP contribution is 2.63. The Kier molecular flexibility index (Phi) is 2.33. The third-order valence-electron chi connectivity index (χ3n) is 6.10. The average molecular weight is 249 g/mol. The molecule has 4 rings (SSSR count). The van der Waals surface area contributed by atoms with Gasteiger partial charge in [0.2, 0.25) is 5.91 Å². The van der Waals surface area contributed by atoms with E-state index in [1.54, 1.807) is 0 Å². The van der Waals surface area contributed by atoms with Crippen LogP contribution in [0.2, 0.25) is 0 Å². The van der Waals surface area contributed by atoms with Crippen molar-refractivity contribution in [2.45, 2.75) is 57.4 Å². The van der Waals surface area contributed by atoms with Gasteiger partial charge in [0.25, 0.3) is 0 Å². The van der Waals surface area contributed by atoms with Gasteiger partial charge in [-0.25, -0.2) is 0 Å². The largest absolute Gasteiger partial charge is 0.381 e. The topological polar surface area (TPSA) is 38.3 Å². The zero-order valence-electron chi connectivity index (χ0n) is 11.0. The second-order valence-corrected chi connectivity index (χ2v) is 7.07. The standard InChI is InChI=1S/C15H23NO2/c17-13(11-9-14(11)3-1-2-4-14)16-12-10-15(12)5-7-18-8-6-15/h11-12H,1-10H2,(H,16,17). The monoisotopic (exact) mass is 249 g/mol. The van der Waals surface area contributed by atoms with E-state index in [1.165, 1.54) is 38.5 Å². The summed E-state index contributed by atoms with van der Waals surface area (Å²) in [5, 5.41) is 3.33. The first-order valence-electron chi connectivity index (χ1n) is 7.62. The van der Waals surface area contributed by atoms with Gasteiger partial charge in [0.1, 0.15) is 0 Å². The van der Waals surface area contributed by atoms with Crippen LogP contribution in [0.15, 0.2) is 0 Å². The molecule has 1 aliphatic heterocycles. The Morgan fingerprint density at radius 1 is 1.00 bits per heavy atom. The second kappa shape index (κ2) is 3.72. The third-order valence-corrected chi connectivity index (χ3v) is 6.10. The summed E-state index contributed by atoms with van der Waals surface area (Å²) in [6, 6.07) is 0.466. The van der Waals surface area contributed by atoms with E-state index >= 15 is 0 Å². The normalized spacial score (nSPS) is 38.9. The van der Waals surface area contributed by atoms with Crippen molar-refractivity contribution in [2.24, 2.45) is 16.7 Å². The quantitative estimate of drug-likeness (QED) is 0.815. The summed E-state index contributed by atoms with van der Waals surface area (Å²) in [6.45, 7) is 1.78. The molecular weight excluding hydrogens is 226 g/mol. The maximum absolute atomic E-state index is 12.3. The maximum Gasteiger partial charge on any atom is 0.223 e. The summed E-state index contributed by atoms with van der Waals surface area (Å²) in [6.07, 6.45) is 9.94. The summed E-state index contributed by atoms with van der Waals surface area (Å²) < 4.78 is 5.42. The fourth-order valence-electron chi connectivity index (χ4n) is 4.50. The van der Waals surface area contributed by atoms with Gasteiger partial charge in [0, 0.05) is 25.2 Å². The molecule has 0 radical (unpaired) electrons. The molecule has 0 aromatic heterocycles. The molecule has 0 aromatic carbocycles. The Morgan fingerprint density at radius 3 is 2.44 bits per heavy atom. The van der Waals surface area contributed by atoms with Crippen molar-refractivity contribution in [1.82, 2.24) is 5.32 Å². The molecule has 2 spiro atoms. The van der Waals surface area contributed by atoms with Crippen LogP contribution in [0.25, 0.3) is 0 Å². The summed E-state index contributed by atoms with van der Waals surface area (Å²) in [5.41, 5.74) is 0.869. The zero-order valence-corrected chi connectivity index (χ0v) is 11.0. The molecule has 18 heavy (non-hydrogen) atoms. The lowest BCUT2D eigenvalue weighted by molar-refractivity contribution is -0.123. The zero-order chi connectivity index (χ0) is 12.2. The second-order valence-electron chi connectivity index (χ2n) is 7.07. The smallest absolute Gasteiger partial charge is 0.223 e. The lowest BCUT2D eigenvalue weighted by Gasteiger charge is -2.23. The fraction of sp³-hybridized carbons (Fsp3) is 0.933. The van der Waals surface area contributed by atoms with Gasteiger partial charge in [-0.05, 0) is 49.4 Å². The maximum atomic E-state index is 12.3. The molecule has 1 saturated heterocycles. The molecule has 4 aliphatic rings. The summed E-state index contributed by atoms with van der Waals surface area (Å²) in [7, 11) is 0. The van der Waals surface area contributed by atoms with Gasteiger partial charge in [-0.1, -0.05) is 12.8 Å². The number of amides is 1. The number of ether oxygens (including phenoxy) is 1. The Bertz CT molecular complexity index is 367. The van der Waals surface area contributed by atoms with Crippen molar-refractivity contribution < 1.29 is 9.53 Å². The lowest BCUT2D eigenvalue weighted by Crippen LogP contribution is -2.34. The number of nitrogens with one attached hydrogen (secondary N) is 1. The van der Waals surface area contributed by atoms with Gasteiger partial charge in [-0.3, -0.25) is 4.79 Å². The van der Waals surface area contributed by atoms with Gasteiger partial charge in [-0.2, -0.15) is 0 Å². The number of hydrogen-bond acceptors (Lipinski definition) is 2. The van der Waals surface area contributed by atoms with E-state index in [9.17, 15) is 4.79 Å². The van der Waals surface area contributed by atoms with Crippen LogP contribution in [0.3, 0.4) is 0 Å². The average Bonchev–Trinajstić information content (AvgIpc) is 3.15. The first-order valence-corrected chi connectivity index (χ1v) is 7.62. The van der Waals surface area contributed by atoms with E-state index in [0.717, 1.165) is 26.1 Å². The Labute approximate surface area is 109 Å². The van der Waals surface area contributed by atoms with Crippen molar-refractivity contribution >= 4 is 5.91 Å². The van der Waals surface area contributed by atoms with Crippen molar-refractivity contribution in [2.75, 3.05) is 13.2 Å². The molecule has 3 heteroatoms. The van der Waals surface area contributed by atoms with Gasteiger partial charge in [-0.15, -0.1) is 0 Å². The van der Waals surface area contributed by atoms with Crippen LogP contribution in [0.4, 0.5) is 0 Å². The lowest BCUT2D eigenvalue weighted by atomic mass is 9.96. The number of rotatable bonds is 2.